The van der Waals surface area contributed by atoms with Crippen LogP contribution < -0.4 is 9.47 Å². The SMILES string of the molecule is COC(=O)C=Cc1ccc(OC(C)C(=O)OC)c(OC(C)C(=O)OC)c1. The first kappa shape index (κ1) is 21.0. The lowest BCUT2D eigenvalue weighted by Gasteiger charge is -2.19. The molecule has 0 aliphatic heterocycles. The summed E-state index contributed by atoms with van der Waals surface area (Å²) in [6, 6.07) is 4.75. The molecule has 1 aromatic carbocycles. The average molecular weight is 366 g/mol. The number of carbonyl (C=O) groups excluding carboxylic acids is 3. The number of ether oxygens (including phenoxy) is 5. The summed E-state index contributed by atoms with van der Waals surface area (Å²) >= 11 is 0. The van der Waals surface area contributed by atoms with Crippen LogP contribution in [0.1, 0.15) is 19.4 Å². The van der Waals surface area contributed by atoms with Crippen molar-refractivity contribution in [1.82, 2.24) is 0 Å². The molecule has 2 atom stereocenters. The van der Waals surface area contributed by atoms with E-state index in [9.17, 15) is 14.4 Å². The van der Waals surface area contributed by atoms with E-state index in [0.29, 0.717) is 5.56 Å². The smallest absolute Gasteiger partial charge is 0.346 e. The fourth-order valence-electron chi connectivity index (χ4n) is 1.86. The van der Waals surface area contributed by atoms with Crippen molar-refractivity contribution in [2.45, 2.75) is 26.1 Å². The minimum atomic E-state index is -0.907. The summed E-state index contributed by atoms with van der Waals surface area (Å²) in [5.74, 6) is -1.23. The second-order valence-corrected chi connectivity index (χ2v) is 5.13. The van der Waals surface area contributed by atoms with Gasteiger partial charge in [0.25, 0.3) is 0 Å². The molecule has 0 saturated carbocycles. The Morgan fingerprint density at radius 2 is 1.38 bits per heavy atom. The molecule has 1 aromatic rings. The zero-order valence-electron chi connectivity index (χ0n) is 15.3. The maximum Gasteiger partial charge on any atom is 0.346 e. The molecule has 8 nitrogen and oxygen atoms in total. The van der Waals surface area contributed by atoms with Crippen LogP contribution in [-0.4, -0.2) is 51.4 Å². The first-order valence-electron chi connectivity index (χ1n) is 7.71. The number of rotatable bonds is 8. The highest BCUT2D eigenvalue weighted by Gasteiger charge is 2.21. The van der Waals surface area contributed by atoms with Gasteiger partial charge >= 0.3 is 17.9 Å². The number of benzene rings is 1. The highest BCUT2D eigenvalue weighted by Crippen LogP contribution is 2.31. The second-order valence-electron chi connectivity index (χ2n) is 5.13. The van der Waals surface area contributed by atoms with Crippen molar-refractivity contribution in [2.24, 2.45) is 0 Å². The molecule has 142 valence electrons. The van der Waals surface area contributed by atoms with E-state index in [0.717, 1.165) is 0 Å². The molecule has 0 aliphatic carbocycles. The van der Waals surface area contributed by atoms with Crippen molar-refractivity contribution in [3.63, 3.8) is 0 Å². The maximum absolute atomic E-state index is 11.6. The Morgan fingerprint density at radius 3 is 1.88 bits per heavy atom. The third kappa shape index (κ3) is 6.12. The summed E-state index contributed by atoms with van der Waals surface area (Å²) in [5.41, 5.74) is 0.598. The largest absolute Gasteiger partial charge is 0.475 e. The Hall–Kier alpha value is -3.03. The van der Waals surface area contributed by atoms with Crippen molar-refractivity contribution in [3.8, 4) is 11.5 Å². The van der Waals surface area contributed by atoms with E-state index in [4.69, 9.17) is 9.47 Å². The van der Waals surface area contributed by atoms with Gasteiger partial charge in [-0.05, 0) is 37.6 Å². The zero-order chi connectivity index (χ0) is 19.7. The number of hydrogen-bond donors (Lipinski definition) is 0. The first-order valence-corrected chi connectivity index (χ1v) is 7.71. The Kier molecular flexibility index (Phi) is 8.14. The Bertz CT molecular complexity index is 680. The van der Waals surface area contributed by atoms with E-state index in [1.165, 1.54) is 47.3 Å². The van der Waals surface area contributed by atoms with Crippen molar-refractivity contribution in [3.05, 3.63) is 29.8 Å². The van der Waals surface area contributed by atoms with Crippen molar-refractivity contribution >= 4 is 24.0 Å². The Labute approximate surface area is 151 Å². The lowest BCUT2D eigenvalue weighted by atomic mass is 10.2. The van der Waals surface area contributed by atoms with E-state index in [-0.39, 0.29) is 11.5 Å². The molecule has 0 radical (unpaired) electrons. The molecule has 0 heterocycles. The second kappa shape index (κ2) is 10.1. The molecule has 0 amide bonds. The van der Waals surface area contributed by atoms with Crippen LogP contribution in [0.2, 0.25) is 0 Å². The average Bonchev–Trinajstić information content (AvgIpc) is 2.65. The Balaban J connectivity index is 3.14. The summed E-state index contributed by atoms with van der Waals surface area (Å²) in [6.45, 7) is 3.03. The van der Waals surface area contributed by atoms with Crippen molar-refractivity contribution < 1.29 is 38.1 Å². The molecule has 8 heteroatoms. The molecular formula is C18H22O8. The quantitative estimate of drug-likeness (QED) is 0.390. The van der Waals surface area contributed by atoms with Gasteiger partial charge in [-0.1, -0.05) is 6.07 Å². The van der Waals surface area contributed by atoms with Crippen molar-refractivity contribution in [1.29, 1.82) is 0 Å². The maximum atomic E-state index is 11.6. The van der Waals surface area contributed by atoms with Crippen LogP contribution in [0.3, 0.4) is 0 Å². The molecule has 1 rings (SSSR count). The fraction of sp³-hybridized carbons (Fsp3) is 0.389. The highest BCUT2D eigenvalue weighted by atomic mass is 16.6. The van der Waals surface area contributed by atoms with E-state index in [1.54, 1.807) is 18.2 Å². The van der Waals surface area contributed by atoms with Gasteiger partial charge in [0.2, 0.25) is 0 Å². The monoisotopic (exact) mass is 366 g/mol. The van der Waals surface area contributed by atoms with Crippen LogP contribution >= 0.6 is 0 Å². The summed E-state index contributed by atoms with van der Waals surface area (Å²) < 4.78 is 24.9. The predicted molar refractivity (Wildman–Crippen MR) is 91.7 cm³/mol. The van der Waals surface area contributed by atoms with Gasteiger partial charge in [-0.15, -0.1) is 0 Å². The molecule has 0 bridgehead atoms. The first-order chi connectivity index (χ1) is 12.3. The molecule has 0 fully saturated rings. The molecule has 2 unspecified atom stereocenters. The molecule has 26 heavy (non-hydrogen) atoms. The van der Waals surface area contributed by atoms with E-state index in [1.807, 2.05) is 0 Å². The molecular weight excluding hydrogens is 344 g/mol. The van der Waals surface area contributed by atoms with Gasteiger partial charge in [-0.2, -0.15) is 0 Å². The van der Waals surface area contributed by atoms with Crippen LogP contribution in [0.5, 0.6) is 11.5 Å². The minimum Gasteiger partial charge on any atom is -0.475 e. The minimum absolute atomic E-state index is 0.200. The van der Waals surface area contributed by atoms with Gasteiger partial charge in [0.1, 0.15) is 0 Å². The predicted octanol–water partition coefficient (Wildman–Crippen LogP) is 1.75. The lowest BCUT2D eigenvalue weighted by molar-refractivity contribution is -0.149. The molecule has 0 aromatic heterocycles. The van der Waals surface area contributed by atoms with Crippen LogP contribution in [0.25, 0.3) is 6.08 Å². The summed E-state index contributed by atoms with van der Waals surface area (Å²) in [4.78, 5) is 34.4. The fourth-order valence-corrected chi connectivity index (χ4v) is 1.86. The highest BCUT2D eigenvalue weighted by molar-refractivity contribution is 5.87. The third-order valence-corrected chi connectivity index (χ3v) is 3.25. The molecule has 0 aliphatic rings. The van der Waals surface area contributed by atoms with Gasteiger partial charge in [0.15, 0.2) is 23.7 Å². The van der Waals surface area contributed by atoms with Crippen LogP contribution in [-0.2, 0) is 28.6 Å². The lowest BCUT2D eigenvalue weighted by Crippen LogP contribution is -2.27. The van der Waals surface area contributed by atoms with Gasteiger partial charge in [0.05, 0.1) is 21.3 Å². The standard InChI is InChI=1S/C18H22O8/c1-11(17(20)23-4)25-14-8-6-13(7-9-16(19)22-3)10-15(14)26-12(2)18(21)24-5/h6-12H,1-5H3. The van der Waals surface area contributed by atoms with E-state index in [2.05, 4.69) is 14.2 Å². The summed E-state index contributed by atoms with van der Waals surface area (Å²) in [6.07, 6.45) is 0.956. The summed E-state index contributed by atoms with van der Waals surface area (Å²) in [7, 11) is 3.76. The summed E-state index contributed by atoms with van der Waals surface area (Å²) in [5, 5.41) is 0. The van der Waals surface area contributed by atoms with Gasteiger partial charge in [0, 0.05) is 6.08 Å². The van der Waals surface area contributed by atoms with Gasteiger partial charge < -0.3 is 23.7 Å². The van der Waals surface area contributed by atoms with Crippen LogP contribution in [0.4, 0.5) is 0 Å². The molecule has 0 N–H and O–H groups in total. The third-order valence-electron chi connectivity index (χ3n) is 3.25. The van der Waals surface area contributed by atoms with Crippen molar-refractivity contribution in [2.75, 3.05) is 21.3 Å². The zero-order valence-corrected chi connectivity index (χ0v) is 15.3. The number of methoxy groups -OCH3 is 3. The topological polar surface area (TPSA) is 97.4 Å². The molecule has 0 spiro atoms. The van der Waals surface area contributed by atoms with Gasteiger partial charge in [-0.25, -0.2) is 14.4 Å². The van der Waals surface area contributed by atoms with Crippen LogP contribution in [0, 0.1) is 0 Å². The molecule has 0 saturated heterocycles. The van der Waals surface area contributed by atoms with Gasteiger partial charge in [-0.3, -0.25) is 0 Å². The number of carbonyl (C=O) groups is 3. The number of esters is 3. The Morgan fingerprint density at radius 1 is 0.846 bits per heavy atom. The van der Waals surface area contributed by atoms with E-state index < -0.39 is 30.1 Å². The van der Waals surface area contributed by atoms with Crippen LogP contribution in [0.15, 0.2) is 24.3 Å². The van der Waals surface area contributed by atoms with E-state index >= 15 is 0 Å². The number of hydrogen-bond acceptors (Lipinski definition) is 8. The normalized spacial score (nSPS) is 12.8.